The normalized spacial score (nSPS) is 12.7. The molecule has 0 rings (SSSR count). The fourth-order valence-electron chi connectivity index (χ4n) is 8.65. The van der Waals surface area contributed by atoms with Gasteiger partial charge in [0.25, 0.3) is 0 Å². The van der Waals surface area contributed by atoms with Gasteiger partial charge in [-0.3, -0.25) is 14.4 Å². The van der Waals surface area contributed by atoms with Crippen molar-refractivity contribution in [2.75, 3.05) is 13.2 Å². The van der Waals surface area contributed by atoms with E-state index < -0.39 is 6.10 Å². The number of carbonyl (C=O) groups excluding carboxylic acids is 3. The van der Waals surface area contributed by atoms with Gasteiger partial charge in [-0.2, -0.15) is 0 Å². The lowest BCUT2D eigenvalue weighted by Crippen LogP contribution is -2.30. The Labute approximate surface area is 457 Å². The van der Waals surface area contributed by atoms with Crippen LogP contribution in [0.1, 0.15) is 297 Å². The lowest BCUT2D eigenvalue weighted by atomic mass is 10.0. The number of hydrogen-bond acceptors (Lipinski definition) is 6. The molecule has 6 heteroatoms. The van der Waals surface area contributed by atoms with Crippen molar-refractivity contribution in [3.63, 3.8) is 0 Å². The number of allylic oxidation sites excluding steroid dienone is 16. The fourth-order valence-corrected chi connectivity index (χ4v) is 8.65. The van der Waals surface area contributed by atoms with Gasteiger partial charge >= 0.3 is 17.9 Å². The third kappa shape index (κ3) is 59.2. The summed E-state index contributed by atoms with van der Waals surface area (Å²) in [6.07, 6.45) is 82.6. The summed E-state index contributed by atoms with van der Waals surface area (Å²) in [6, 6.07) is 0. The van der Waals surface area contributed by atoms with E-state index in [1.165, 1.54) is 135 Å². The number of carbonyl (C=O) groups is 3. The van der Waals surface area contributed by atoms with E-state index in [2.05, 4.69) is 118 Å². The second-order valence-electron chi connectivity index (χ2n) is 20.6. The molecule has 6 nitrogen and oxygen atoms in total. The summed E-state index contributed by atoms with van der Waals surface area (Å²) in [5, 5.41) is 0. The van der Waals surface area contributed by atoms with E-state index in [0.29, 0.717) is 19.3 Å². The van der Waals surface area contributed by atoms with Crippen LogP contribution in [-0.4, -0.2) is 37.2 Å². The molecule has 0 saturated heterocycles. The van der Waals surface area contributed by atoms with E-state index in [-0.39, 0.29) is 31.1 Å². The molecule has 0 aliphatic heterocycles. The minimum atomic E-state index is -0.802. The molecule has 0 heterocycles. The van der Waals surface area contributed by atoms with Crippen molar-refractivity contribution in [3.8, 4) is 0 Å². The van der Waals surface area contributed by atoms with Crippen molar-refractivity contribution in [3.05, 3.63) is 97.2 Å². The van der Waals surface area contributed by atoms with Crippen LogP contribution < -0.4 is 0 Å². The number of hydrogen-bond donors (Lipinski definition) is 0. The van der Waals surface area contributed by atoms with Gasteiger partial charge in [-0.25, -0.2) is 0 Å². The monoisotopic (exact) mass is 1030 g/mol. The quantitative estimate of drug-likeness (QED) is 0.0261. The molecule has 0 N–H and O–H groups in total. The summed E-state index contributed by atoms with van der Waals surface area (Å²) in [4.78, 5) is 38.3. The zero-order valence-electron chi connectivity index (χ0n) is 48.6. The Kier molecular flexibility index (Phi) is 58.8. The molecule has 0 fully saturated rings. The molecule has 1 atom stereocenters. The molecule has 74 heavy (non-hydrogen) atoms. The van der Waals surface area contributed by atoms with Crippen LogP contribution in [0.3, 0.4) is 0 Å². The molecule has 0 saturated carbocycles. The highest BCUT2D eigenvalue weighted by atomic mass is 16.6. The van der Waals surface area contributed by atoms with Crippen LogP contribution in [-0.2, 0) is 28.6 Å². The number of ether oxygens (including phenoxy) is 3. The summed E-state index contributed by atoms with van der Waals surface area (Å²) < 4.78 is 16.9. The fraction of sp³-hybridized carbons (Fsp3) is 0.721. The van der Waals surface area contributed by atoms with Crippen molar-refractivity contribution in [2.24, 2.45) is 0 Å². The number of rotatable bonds is 56. The Bertz CT molecular complexity index is 1460. The minimum absolute atomic E-state index is 0.0971. The lowest BCUT2D eigenvalue weighted by molar-refractivity contribution is -0.167. The number of unbranched alkanes of at least 4 members (excludes halogenated alkanes) is 29. The van der Waals surface area contributed by atoms with Crippen LogP contribution in [0.25, 0.3) is 0 Å². The van der Waals surface area contributed by atoms with Crippen molar-refractivity contribution >= 4 is 17.9 Å². The van der Waals surface area contributed by atoms with Crippen LogP contribution in [0.5, 0.6) is 0 Å². The smallest absolute Gasteiger partial charge is 0.306 e. The van der Waals surface area contributed by atoms with Crippen LogP contribution >= 0.6 is 0 Å². The van der Waals surface area contributed by atoms with Crippen LogP contribution in [0.15, 0.2) is 97.2 Å². The predicted molar refractivity (Wildman–Crippen MR) is 320 cm³/mol. The SMILES string of the molecule is CC/C=C\C/C=C\C/C=C\C/C=C\C/C=C\C/C=C\CCCCC(=O)OCC(COC(=O)CCCCCCC/C=C\C/C=C\CCCCCC)OC(=O)CCCCCCCCCCCCCCCCCCCCC. The molecule has 1 unspecified atom stereocenters. The van der Waals surface area contributed by atoms with Gasteiger partial charge in [-0.15, -0.1) is 0 Å². The predicted octanol–water partition coefficient (Wildman–Crippen LogP) is 21.3. The molecule has 424 valence electrons. The van der Waals surface area contributed by atoms with E-state index >= 15 is 0 Å². The molecule has 0 amide bonds. The highest BCUT2D eigenvalue weighted by Gasteiger charge is 2.19. The Morgan fingerprint density at radius 3 is 0.865 bits per heavy atom. The van der Waals surface area contributed by atoms with Crippen LogP contribution in [0.4, 0.5) is 0 Å². The standard InChI is InChI=1S/C68H116O6/c1-4-7-10-13-16-19-22-25-28-31-33-34-36-37-40-43-46-49-52-55-58-61-67(70)73-64-65(63-72-66(69)60-57-54-51-48-45-42-39-30-27-24-21-18-15-12-9-6-3)74-68(71)62-59-56-53-50-47-44-41-38-35-32-29-26-23-20-17-14-11-8-5-2/h7,10,16,19,21,24-25,28,30,33-34,37,39-40,46,49,65H,4-6,8-9,11-15,17-18,20,22-23,26-27,29,31-32,35-36,38,41-45,47-48,50-64H2,1-3H3/b10-7-,19-16-,24-21-,28-25-,34-33-,39-30-,40-37-,49-46-. The van der Waals surface area contributed by atoms with Gasteiger partial charge in [0.2, 0.25) is 0 Å². The van der Waals surface area contributed by atoms with Crippen LogP contribution in [0.2, 0.25) is 0 Å². The van der Waals surface area contributed by atoms with Gasteiger partial charge in [-0.05, 0) is 103 Å². The molecule has 0 spiro atoms. The van der Waals surface area contributed by atoms with Crippen molar-refractivity contribution in [2.45, 2.75) is 303 Å². The van der Waals surface area contributed by atoms with E-state index in [1.807, 2.05) is 0 Å². The molecule has 0 aromatic carbocycles. The third-order valence-corrected chi connectivity index (χ3v) is 13.3. The molecule has 0 bridgehead atoms. The Morgan fingerprint density at radius 2 is 0.527 bits per heavy atom. The Balaban J connectivity index is 4.46. The molecule has 0 radical (unpaired) electrons. The van der Waals surface area contributed by atoms with E-state index in [0.717, 1.165) is 122 Å². The first kappa shape index (κ1) is 70.3. The Morgan fingerprint density at radius 1 is 0.284 bits per heavy atom. The largest absolute Gasteiger partial charge is 0.462 e. The van der Waals surface area contributed by atoms with Gasteiger partial charge in [-0.1, -0.05) is 272 Å². The van der Waals surface area contributed by atoms with Gasteiger partial charge < -0.3 is 14.2 Å². The first-order chi connectivity index (χ1) is 36.5. The minimum Gasteiger partial charge on any atom is -0.462 e. The highest BCUT2D eigenvalue weighted by molar-refractivity contribution is 5.71. The van der Waals surface area contributed by atoms with Gasteiger partial charge in [0.1, 0.15) is 13.2 Å². The third-order valence-electron chi connectivity index (χ3n) is 13.3. The maximum atomic E-state index is 12.9. The topological polar surface area (TPSA) is 78.9 Å². The van der Waals surface area contributed by atoms with Crippen molar-refractivity contribution in [1.29, 1.82) is 0 Å². The average Bonchev–Trinajstić information content (AvgIpc) is 3.40. The highest BCUT2D eigenvalue weighted by Crippen LogP contribution is 2.16. The Hall–Kier alpha value is -3.67. The second kappa shape index (κ2) is 61.9. The molecule has 0 aliphatic rings. The zero-order valence-corrected chi connectivity index (χ0v) is 48.6. The van der Waals surface area contributed by atoms with Crippen LogP contribution in [0, 0.1) is 0 Å². The summed E-state index contributed by atoms with van der Waals surface area (Å²) in [5.41, 5.74) is 0. The van der Waals surface area contributed by atoms with E-state index in [4.69, 9.17) is 14.2 Å². The second-order valence-corrected chi connectivity index (χ2v) is 20.6. The summed E-state index contributed by atoms with van der Waals surface area (Å²) in [6.45, 7) is 6.49. The number of esters is 3. The first-order valence-electron chi connectivity index (χ1n) is 31.2. The lowest BCUT2D eigenvalue weighted by Gasteiger charge is -2.18. The zero-order chi connectivity index (χ0) is 53.6. The average molecular weight is 1030 g/mol. The van der Waals surface area contributed by atoms with Gasteiger partial charge in [0.05, 0.1) is 0 Å². The maximum absolute atomic E-state index is 12.9. The first-order valence-corrected chi connectivity index (χ1v) is 31.2. The molecular formula is C68H116O6. The molecule has 0 aromatic heterocycles. The van der Waals surface area contributed by atoms with E-state index in [9.17, 15) is 14.4 Å². The summed E-state index contributed by atoms with van der Waals surface area (Å²) in [5.74, 6) is -0.944. The maximum Gasteiger partial charge on any atom is 0.306 e. The van der Waals surface area contributed by atoms with Gasteiger partial charge in [0.15, 0.2) is 6.10 Å². The van der Waals surface area contributed by atoms with Crippen molar-refractivity contribution in [1.82, 2.24) is 0 Å². The summed E-state index contributed by atoms with van der Waals surface area (Å²) >= 11 is 0. The van der Waals surface area contributed by atoms with E-state index in [1.54, 1.807) is 0 Å². The van der Waals surface area contributed by atoms with Crippen molar-refractivity contribution < 1.29 is 28.6 Å². The molecule has 0 aromatic rings. The molecular weight excluding hydrogens is 913 g/mol. The summed E-state index contributed by atoms with van der Waals surface area (Å²) in [7, 11) is 0. The molecule has 0 aliphatic carbocycles. The van der Waals surface area contributed by atoms with Gasteiger partial charge in [0, 0.05) is 19.3 Å².